The lowest BCUT2D eigenvalue weighted by Crippen LogP contribution is -2.66. The zero-order valence-corrected chi connectivity index (χ0v) is 25.2. The first-order chi connectivity index (χ1) is 21.3. The fourth-order valence-electron chi connectivity index (χ4n) is 6.86. The molecule has 0 aliphatic heterocycles. The van der Waals surface area contributed by atoms with Gasteiger partial charge in [-0.2, -0.15) is 22.7 Å². The molecular formula is C42H40B-. The maximum Gasteiger partial charge on any atom is 0.0814 e. The van der Waals surface area contributed by atoms with Crippen molar-refractivity contribution in [3.8, 4) is 33.4 Å². The van der Waals surface area contributed by atoms with Gasteiger partial charge >= 0.3 is 0 Å². The van der Waals surface area contributed by atoms with Crippen LogP contribution in [0.2, 0.25) is 6.32 Å². The van der Waals surface area contributed by atoms with E-state index in [0.717, 1.165) is 6.32 Å². The Labute approximate surface area is 258 Å². The second-order valence-electron chi connectivity index (χ2n) is 11.9. The minimum atomic E-state index is -1.20. The Bertz CT molecular complexity index is 1490. The predicted octanol–water partition coefficient (Wildman–Crippen LogP) is 9.74. The highest BCUT2D eigenvalue weighted by molar-refractivity contribution is 7.11. The summed E-state index contributed by atoms with van der Waals surface area (Å²) in [5, 5.41) is 0. The number of rotatable bonds is 11. The molecule has 0 heterocycles. The molecule has 0 aromatic heterocycles. The van der Waals surface area contributed by atoms with Crippen LogP contribution in [-0.2, 0) is 0 Å². The Hall–Kier alpha value is -4.62. The summed E-state index contributed by atoms with van der Waals surface area (Å²) >= 11 is 0. The van der Waals surface area contributed by atoms with Crippen LogP contribution >= 0.6 is 0 Å². The molecule has 0 bridgehead atoms. The normalized spacial score (nSPS) is 11.4. The summed E-state index contributed by atoms with van der Waals surface area (Å²) < 4.78 is 0. The zero-order valence-electron chi connectivity index (χ0n) is 25.2. The fraction of sp³-hybridized carbons (Fsp3) is 0.143. The maximum absolute atomic E-state index is 2.40. The van der Waals surface area contributed by atoms with Crippen molar-refractivity contribution in [3.63, 3.8) is 0 Å². The molecule has 0 aliphatic rings. The average molecular weight is 556 g/mol. The van der Waals surface area contributed by atoms with E-state index < -0.39 is 6.15 Å². The van der Waals surface area contributed by atoms with Crippen LogP contribution in [0.25, 0.3) is 33.4 Å². The summed E-state index contributed by atoms with van der Waals surface area (Å²) in [5.74, 6) is 0. The van der Waals surface area contributed by atoms with Gasteiger partial charge in [-0.1, -0.05) is 196 Å². The van der Waals surface area contributed by atoms with Crippen LogP contribution in [0.5, 0.6) is 0 Å². The van der Waals surface area contributed by atoms with Gasteiger partial charge in [-0.3, -0.25) is 0 Å². The Balaban J connectivity index is 1.48. The number of unbranched alkanes of at least 4 members (excludes halogenated alkanes) is 3. The van der Waals surface area contributed by atoms with Crippen LogP contribution < -0.4 is 16.4 Å². The molecule has 0 amide bonds. The van der Waals surface area contributed by atoms with E-state index in [2.05, 4.69) is 171 Å². The van der Waals surface area contributed by atoms with E-state index in [4.69, 9.17) is 0 Å². The van der Waals surface area contributed by atoms with E-state index in [1.54, 1.807) is 0 Å². The smallest absolute Gasteiger partial charge is 0.0814 e. The Morgan fingerprint density at radius 3 is 0.930 bits per heavy atom. The molecule has 212 valence electrons. The molecular weight excluding hydrogens is 515 g/mol. The number of hydrogen-bond acceptors (Lipinski definition) is 0. The van der Waals surface area contributed by atoms with E-state index in [0.29, 0.717) is 0 Å². The van der Waals surface area contributed by atoms with Gasteiger partial charge in [0, 0.05) is 0 Å². The second-order valence-corrected chi connectivity index (χ2v) is 11.9. The molecule has 6 rings (SSSR count). The Kier molecular flexibility index (Phi) is 9.00. The highest BCUT2D eigenvalue weighted by Gasteiger charge is 2.29. The summed E-state index contributed by atoms with van der Waals surface area (Å²) in [6.45, 7) is 2.30. The molecule has 0 aliphatic carbocycles. The van der Waals surface area contributed by atoms with Gasteiger partial charge in [-0.05, 0) is 33.4 Å². The van der Waals surface area contributed by atoms with Crippen molar-refractivity contribution in [2.75, 3.05) is 0 Å². The molecule has 6 aromatic rings. The van der Waals surface area contributed by atoms with Crippen molar-refractivity contribution < 1.29 is 0 Å². The standard InChI is InChI=1S/C42H40B/c1-2-3-4-14-33-43(40-27-21-37(22-28-40)34-15-8-5-9-16-34,41-29-23-38(24-30-41)35-17-10-6-11-18-35)42-31-25-39(26-32-42)36-19-12-7-13-20-36/h5-13,15-32H,2-4,14,33H2,1H3/q-1. The zero-order chi connectivity index (χ0) is 29.3. The quantitative estimate of drug-likeness (QED) is 0.110. The predicted molar refractivity (Wildman–Crippen MR) is 189 cm³/mol. The van der Waals surface area contributed by atoms with E-state index in [9.17, 15) is 0 Å². The van der Waals surface area contributed by atoms with E-state index >= 15 is 0 Å². The van der Waals surface area contributed by atoms with Crippen LogP contribution in [0.15, 0.2) is 164 Å². The van der Waals surface area contributed by atoms with E-state index in [1.807, 2.05) is 0 Å². The van der Waals surface area contributed by atoms with Gasteiger partial charge < -0.3 is 0 Å². The second kappa shape index (κ2) is 13.6. The van der Waals surface area contributed by atoms with Crippen molar-refractivity contribution in [1.29, 1.82) is 0 Å². The summed E-state index contributed by atoms with van der Waals surface area (Å²) in [6, 6.07) is 60.5. The third-order valence-electron chi connectivity index (χ3n) is 9.25. The van der Waals surface area contributed by atoms with Crippen molar-refractivity contribution in [1.82, 2.24) is 0 Å². The largest absolute Gasteiger partial charge is 0.200 e. The first kappa shape index (κ1) is 28.5. The summed E-state index contributed by atoms with van der Waals surface area (Å²) in [5.41, 5.74) is 11.8. The maximum atomic E-state index is 2.40. The van der Waals surface area contributed by atoms with Crippen molar-refractivity contribution >= 4 is 22.5 Å². The molecule has 1 heteroatoms. The number of benzene rings is 6. The van der Waals surface area contributed by atoms with Gasteiger partial charge in [0.2, 0.25) is 0 Å². The van der Waals surface area contributed by atoms with Gasteiger partial charge in [-0.25, -0.2) is 0 Å². The van der Waals surface area contributed by atoms with Crippen LogP contribution in [0, 0.1) is 0 Å². The van der Waals surface area contributed by atoms with Gasteiger partial charge in [0.05, 0.1) is 6.15 Å². The minimum absolute atomic E-state index is 1.13. The average Bonchev–Trinajstić information content (AvgIpc) is 3.10. The third-order valence-corrected chi connectivity index (χ3v) is 9.25. The van der Waals surface area contributed by atoms with Crippen LogP contribution in [-0.4, -0.2) is 6.15 Å². The molecule has 0 radical (unpaired) electrons. The summed E-state index contributed by atoms with van der Waals surface area (Å²) in [6.07, 6.45) is 4.90. The first-order valence-electron chi connectivity index (χ1n) is 15.9. The molecule has 0 fully saturated rings. The minimum Gasteiger partial charge on any atom is -0.200 e. The third kappa shape index (κ3) is 6.27. The van der Waals surface area contributed by atoms with Gasteiger partial charge in [0.25, 0.3) is 0 Å². The highest BCUT2D eigenvalue weighted by Crippen LogP contribution is 2.25. The van der Waals surface area contributed by atoms with Crippen molar-refractivity contribution in [3.05, 3.63) is 164 Å². The monoisotopic (exact) mass is 555 g/mol. The van der Waals surface area contributed by atoms with Gasteiger partial charge in [-0.15, -0.1) is 0 Å². The van der Waals surface area contributed by atoms with Crippen molar-refractivity contribution in [2.45, 2.75) is 38.9 Å². The summed E-state index contributed by atoms with van der Waals surface area (Å²) in [4.78, 5) is 0. The Morgan fingerprint density at radius 1 is 0.326 bits per heavy atom. The van der Waals surface area contributed by atoms with Gasteiger partial charge in [0.15, 0.2) is 0 Å². The molecule has 0 saturated carbocycles. The molecule has 0 unspecified atom stereocenters. The first-order valence-corrected chi connectivity index (χ1v) is 15.9. The molecule has 43 heavy (non-hydrogen) atoms. The van der Waals surface area contributed by atoms with Crippen LogP contribution in [0.1, 0.15) is 32.6 Å². The molecule has 6 aromatic carbocycles. The van der Waals surface area contributed by atoms with E-state index in [-0.39, 0.29) is 0 Å². The van der Waals surface area contributed by atoms with E-state index in [1.165, 1.54) is 75.5 Å². The fourth-order valence-corrected chi connectivity index (χ4v) is 6.86. The lowest BCUT2D eigenvalue weighted by Gasteiger charge is -2.44. The lowest BCUT2D eigenvalue weighted by molar-refractivity contribution is 0.698. The molecule has 0 nitrogen and oxygen atoms in total. The topological polar surface area (TPSA) is 0 Å². The molecule has 0 saturated heterocycles. The highest BCUT2D eigenvalue weighted by atomic mass is 14.1. The molecule has 0 spiro atoms. The SMILES string of the molecule is CCCCCC[B-](c1ccc(-c2ccccc2)cc1)(c1ccc(-c2ccccc2)cc1)c1ccc(-c2ccccc2)cc1. The number of hydrogen-bond donors (Lipinski definition) is 0. The Morgan fingerprint density at radius 2 is 0.628 bits per heavy atom. The summed E-state index contributed by atoms with van der Waals surface area (Å²) in [7, 11) is 0. The lowest BCUT2D eigenvalue weighted by atomic mass is 9.14. The van der Waals surface area contributed by atoms with Crippen LogP contribution in [0.4, 0.5) is 0 Å². The van der Waals surface area contributed by atoms with Gasteiger partial charge in [0.1, 0.15) is 0 Å². The van der Waals surface area contributed by atoms with Crippen LogP contribution in [0.3, 0.4) is 0 Å². The molecule has 0 atom stereocenters. The molecule has 0 N–H and O–H groups in total. The van der Waals surface area contributed by atoms with Crippen molar-refractivity contribution in [2.24, 2.45) is 0 Å².